The summed E-state index contributed by atoms with van der Waals surface area (Å²) in [5.41, 5.74) is 2.10. The molecule has 0 radical (unpaired) electrons. The van der Waals surface area contributed by atoms with Gasteiger partial charge in [-0.15, -0.1) is 0 Å². The number of hydrogen-bond donors (Lipinski definition) is 0. The second-order valence-electron chi connectivity index (χ2n) is 7.75. The second kappa shape index (κ2) is 9.92. The molecule has 0 amide bonds. The minimum atomic E-state index is -0.747. The van der Waals surface area contributed by atoms with Crippen molar-refractivity contribution in [2.24, 2.45) is 16.8 Å². The SMILES string of the molecule is CCCC1CCC(C#Cc2ccc(-c3cc(F)c(N=C=S)c(F)c3C)cc2)CC1. The Labute approximate surface area is 177 Å². The number of hydrogen-bond acceptors (Lipinski definition) is 2. The Hall–Kier alpha value is -2.34. The normalized spacial score (nSPS) is 18.5. The monoisotopic (exact) mass is 409 g/mol. The second-order valence-corrected chi connectivity index (χ2v) is 7.93. The molecule has 0 spiro atoms. The Morgan fingerprint density at radius 1 is 1.10 bits per heavy atom. The summed E-state index contributed by atoms with van der Waals surface area (Å²) >= 11 is 4.46. The van der Waals surface area contributed by atoms with Gasteiger partial charge in [0.25, 0.3) is 0 Å². The fraction of sp³-hybridized carbons (Fsp3) is 0.400. The molecular formula is C25H25F2NS. The first-order valence-corrected chi connectivity index (χ1v) is 10.6. The first-order valence-electron chi connectivity index (χ1n) is 10.2. The van der Waals surface area contributed by atoms with E-state index in [1.807, 2.05) is 29.4 Å². The summed E-state index contributed by atoms with van der Waals surface area (Å²) in [5, 5.41) is 2.02. The number of halogens is 2. The number of thiocarbonyl (C=S) groups is 1. The standard InChI is InChI=1S/C25H25F2NS/c1-3-4-18-5-7-19(8-6-18)9-10-20-11-13-21(14-12-20)22-15-23(26)25(28-16-29)24(27)17(22)2/h11-15,18-19H,3-8H2,1-2H3. The zero-order valence-corrected chi connectivity index (χ0v) is 17.7. The number of benzene rings is 2. The first kappa shape index (κ1) is 21.4. The molecule has 0 aliphatic heterocycles. The minimum absolute atomic E-state index is 0.332. The van der Waals surface area contributed by atoms with Crippen LogP contribution in [-0.4, -0.2) is 5.16 Å². The maximum Gasteiger partial charge on any atom is 0.156 e. The van der Waals surface area contributed by atoms with Crippen LogP contribution in [0.25, 0.3) is 11.1 Å². The van der Waals surface area contributed by atoms with E-state index >= 15 is 0 Å². The van der Waals surface area contributed by atoms with Crippen molar-refractivity contribution in [1.82, 2.24) is 0 Å². The van der Waals surface area contributed by atoms with E-state index in [1.54, 1.807) is 6.92 Å². The van der Waals surface area contributed by atoms with Crippen LogP contribution in [0.1, 0.15) is 56.6 Å². The van der Waals surface area contributed by atoms with Crippen molar-refractivity contribution in [1.29, 1.82) is 0 Å². The van der Waals surface area contributed by atoms with Crippen molar-refractivity contribution in [3.05, 3.63) is 53.1 Å². The molecule has 1 nitrogen and oxygen atoms in total. The molecule has 29 heavy (non-hydrogen) atoms. The molecule has 0 N–H and O–H groups in total. The molecule has 0 atom stereocenters. The van der Waals surface area contributed by atoms with Crippen LogP contribution in [-0.2, 0) is 0 Å². The van der Waals surface area contributed by atoms with E-state index in [0.717, 1.165) is 17.0 Å². The molecule has 1 saturated carbocycles. The summed E-state index contributed by atoms with van der Waals surface area (Å²) in [6.07, 6.45) is 7.54. The molecule has 0 bridgehead atoms. The van der Waals surface area contributed by atoms with Gasteiger partial charge < -0.3 is 0 Å². The van der Waals surface area contributed by atoms with Gasteiger partial charge in [-0.1, -0.05) is 43.7 Å². The van der Waals surface area contributed by atoms with Crippen molar-refractivity contribution >= 4 is 23.1 Å². The highest BCUT2D eigenvalue weighted by Crippen LogP contribution is 2.34. The summed E-state index contributed by atoms with van der Waals surface area (Å²) in [7, 11) is 0. The fourth-order valence-corrected chi connectivity index (χ4v) is 4.17. The number of isothiocyanates is 1. The Morgan fingerprint density at radius 2 is 1.79 bits per heavy atom. The van der Waals surface area contributed by atoms with E-state index in [0.29, 0.717) is 17.0 Å². The van der Waals surface area contributed by atoms with Crippen molar-refractivity contribution in [2.45, 2.75) is 52.4 Å². The number of aliphatic imine (C=N–C) groups is 1. The average molecular weight is 410 g/mol. The quantitative estimate of drug-likeness (QED) is 0.287. The van der Waals surface area contributed by atoms with Gasteiger partial charge in [0.05, 0.1) is 5.16 Å². The molecule has 0 aromatic heterocycles. The van der Waals surface area contributed by atoms with E-state index in [1.165, 1.54) is 44.6 Å². The molecule has 1 fully saturated rings. The van der Waals surface area contributed by atoms with Crippen LogP contribution in [0.2, 0.25) is 0 Å². The van der Waals surface area contributed by atoms with Crippen LogP contribution in [0.3, 0.4) is 0 Å². The van der Waals surface area contributed by atoms with Gasteiger partial charge in [-0.25, -0.2) is 8.78 Å². The van der Waals surface area contributed by atoms with Crippen LogP contribution in [0.4, 0.5) is 14.5 Å². The van der Waals surface area contributed by atoms with E-state index in [-0.39, 0.29) is 0 Å². The molecule has 0 unspecified atom stereocenters. The Kier molecular flexibility index (Phi) is 7.31. The average Bonchev–Trinajstić information content (AvgIpc) is 2.74. The van der Waals surface area contributed by atoms with Gasteiger partial charge >= 0.3 is 0 Å². The van der Waals surface area contributed by atoms with Gasteiger partial charge in [0.2, 0.25) is 0 Å². The zero-order valence-electron chi connectivity index (χ0n) is 16.9. The van der Waals surface area contributed by atoms with Crippen LogP contribution < -0.4 is 0 Å². The minimum Gasteiger partial charge on any atom is -0.204 e. The van der Waals surface area contributed by atoms with Gasteiger partial charge in [-0.2, -0.15) is 4.99 Å². The van der Waals surface area contributed by atoms with E-state index in [4.69, 9.17) is 0 Å². The molecule has 0 heterocycles. The highest BCUT2D eigenvalue weighted by molar-refractivity contribution is 7.78. The highest BCUT2D eigenvalue weighted by Gasteiger charge is 2.19. The number of rotatable bonds is 4. The largest absolute Gasteiger partial charge is 0.204 e. The van der Waals surface area contributed by atoms with Crippen LogP contribution in [0, 0.1) is 42.2 Å². The van der Waals surface area contributed by atoms with Crippen molar-refractivity contribution in [3.63, 3.8) is 0 Å². The van der Waals surface area contributed by atoms with Gasteiger partial charge in [0.1, 0.15) is 5.69 Å². The first-order chi connectivity index (χ1) is 14.0. The molecule has 0 saturated heterocycles. The summed E-state index contributed by atoms with van der Waals surface area (Å²) < 4.78 is 28.6. The van der Waals surface area contributed by atoms with Gasteiger partial charge in [-0.3, -0.25) is 0 Å². The summed E-state index contributed by atoms with van der Waals surface area (Å²) in [6, 6.07) is 8.81. The molecule has 2 aromatic carbocycles. The molecule has 1 aliphatic rings. The summed E-state index contributed by atoms with van der Waals surface area (Å²) in [6.45, 7) is 3.86. The number of nitrogens with zero attached hydrogens (tertiary/aromatic N) is 1. The molecular weight excluding hydrogens is 384 g/mol. The Balaban J connectivity index is 1.74. The molecule has 1 aliphatic carbocycles. The molecule has 3 rings (SSSR count). The van der Waals surface area contributed by atoms with Gasteiger partial charge in [0.15, 0.2) is 11.6 Å². The maximum atomic E-state index is 14.4. The summed E-state index contributed by atoms with van der Waals surface area (Å²) in [5.74, 6) is 6.58. The lowest BCUT2D eigenvalue weighted by molar-refractivity contribution is 0.300. The van der Waals surface area contributed by atoms with Crippen LogP contribution in [0.15, 0.2) is 35.3 Å². The topological polar surface area (TPSA) is 12.4 Å². The predicted molar refractivity (Wildman–Crippen MR) is 118 cm³/mol. The predicted octanol–water partition coefficient (Wildman–Crippen LogP) is 7.63. The van der Waals surface area contributed by atoms with E-state index in [2.05, 4.69) is 36.0 Å². The lowest BCUT2D eigenvalue weighted by atomic mass is 9.80. The third-order valence-electron chi connectivity index (χ3n) is 5.76. The molecule has 150 valence electrons. The van der Waals surface area contributed by atoms with Crippen molar-refractivity contribution < 1.29 is 8.78 Å². The Morgan fingerprint density at radius 3 is 2.41 bits per heavy atom. The summed E-state index contributed by atoms with van der Waals surface area (Å²) in [4.78, 5) is 3.50. The van der Waals surface area contributed by atoms with Gasteiger partial charge in [0, 0.05) is 11.5 Å². The maximum absolute atomic E-state index is 14.4. The lowest BCUT2D eigenvalue weighted by Crippen LogP contribution is -2.13. The lowest BCUT2D eigenvalue weighted by Gasteiger charge is -2.25. The van der Waals surface area contributed by atoms with E-state index in [9.17, 15) is 8.78 Å². The van der Waals surface area contributed by atoms with Crippen molar-refractivity contribution in [3.8, 4) is 23.0 Å². The molecule has 4 heteroatoms. The smallest absolute Gasteiger partial charge is 0.156 e. The third-order valence-corrected chi connectivity index (χ3v) is 5.85. The third kappa shape index (κ3) is 5.18. The fourth-order valence-electron chi connectivity index (χ4n) is 4.07. The highest BCUT2D eigenvalue weighted by atomic mass is 32.1. The van der Waals surface area contributed by atoms with Crippen LogP contribution >= 0.6 is 12.2 Å². The molecule has 2 aromatic rings. The van der Waals surface area contributed by atoms with Crippen molar-refractivity contribution in [2.75, 3.05) is 0 Å². The van der Waals surface area contributed by atoms with Gasteiger partial charge in [-0.05, 0) is 85.6 Å². The zero-order chi connectivity index (χ0) is 20.8. The van der Waals surface area contributed by atoms with Crippen LogP contribution in [0.5, 0.6) is 0 Å². The Bertz CT molecular complexity index is 971. The van der Waals surface area contributed by atoms with E-state index < -0.39 is 17.3 Å².